The largest absolute Gasteiger partial charge is 0.398 e. The quantitative estimate of drug-likeness (QED) is 0.752. The Hall–Kier alpha value is -1.23. The highest BCUT2D eigenvalue weighted by molar-refractivity contribution is 9.10. The minimum atomic E-state index is -0.215. The smallest absolute Gasteiger partial charge is 0.239 e. The normalized spacial score (nSPS) is 11.2. The summed E-state index contributed by atoms with van der Waals surface area (Å²) in [7, 11) is 0. The number of rotatable bonds is 3. The molecule has 0 heterocycles. The highest BCUT2D eigenvalue weighted by Gasteiger charge is 2.13. The molecule has 0 unspecified atom stereocenters. The zero-order valence-corrected chi connectivity index (χ0v) is 12.8. The molecule has 0 aliphatic heterocycles. The lowest BCUT2D eigenvalue weighted by atomic mass is 10.1. The van der Waals surface area contributed by atoms with Crippen molar-refractivity contribution < 1.29 is 4.79 Å². The fourth-order valence-electron chi connectivity index (χ4n) is 1.47. The van der Waals surface area contributed by atoms with E-state index in [2.05, 4.69) is 26.6 Å². The number of hydrogen-bond acceptors (Lipinski definition) is 3. The molecule has 0 atom stereocenters. The second kappa shape index (κ2) is 5.61. The van der Waals surface area contributed by atoms with Crippen LogP contribution in [0.1, 0.15) is 26.3 Å². The van der Waals surface area contributed by atoms with E-state index in [4.69, 9.17) is 5.73 Å². The van der Waals surface area contributed by atoms with Gasteiger partial charge in [-0.15, -0.1) is 0 Å². The van der Waals surface area contributed by atoms with Crippen molar-refractivity contribution in [3.8, 4) is 0 Å². The number of nitrogens with two attached hydrogens (primary N) is 1. The molecule has 0 spiro atoms. The van der Waals surface area contributed by atoms with Gasteiger partial charge in [-0.1, -0.05) is 0 Å². The summed E-state index contributed by atoms with van der Waals surface area (Å²) in [4.78, 5) is 11.7. The highest BCUT2D eigenvalue weighted by Crippen LogP contribution is 2.27. The SMILES string of the molecule is Cc1cc(NCC(=O)NC(C)(C)C)c(Br)cc1N. The molecule has 0 fully saturated rings. The molecule has 4 N–H and O–H groups in total. The van der Waals surface area contributed by atoms with Gasteiger partial charge in [0.25, 0.3) is 0 Å². The number of benzene rings is 1. The molecular weight excluding hydrogens is 294 g/mol. The molecule has 0 radical (unpaired) electrons. The van der Waals surface area contributed by atoms with Gasteiger partial charge in [-0.2, -0.15) is 0 Å². The van der Waals surface area contributed by atoms with Crippen LogP contribution in [0.4, 0.5) is 11.4 Å². The van der Waals surface area contributed by atoms with Crippen LogP contribution >= 0.6 is 15.9 Å². The van der Waals surface area contributed by atoms with Crippen LogP contribution in [0.15, 0.2) is 16.6 Å². The van der Waals surface area contributed by atoms with Crippen LogP contribution < -0.4 is 16.4 Å². The number of halogens is 1. The van der Waals surface area contributed by atoms with E-state index in [0.29, 0.717) is 0 Å². The molecule has 0 saturated carbocycles. The number of amides is 1. The van der Waals surface area contributed by atoms with E-state index in [9.17, 15) is 4.79 Å². The van der Waals surface area contributed by atoms with Crippen LogP contribution in [-0.2, 0) is 4.79 Å². The Bertz CT molecular complexity index is 452. The Morgan fingerprint density at radius 3 is 2.56 bits per heavy atom. The van der Waals surface area contributed by atoms with Crippen LogP contribution in [0.25, 0.3) is 0 Å². The lowest BCUT2D eigenvalue weighted by molar-refractivity contribution is -0.120. The van der Waals surface area contributed by atoms with Gasteiger partial charge in [0, 0.05) is 21.4 Å². The Morgan fingerprint density at radius 2 is 2.00 bits per heavy atom. The van der Waals surface area contributed by atoms with Crippen molar-refractivity contribution in [3.05, 3.63) is 22.2 Å². The van der Waals surface area contributed by atoms with Crippen LogP contribution in [0.2, 0.25) is 0 Å². The summed E-state index contributed by atoms with van der Waals surface area (Å²) in [6.45, 7) is 8.03. The highest BCUT2D eigenvalue weighted by atomic mass is 79.9. The molecule has 4 nitrogen and oxygen atoms in total. The van der Waals surface area contributed by atoms with Gasteiger partial charge in [0.2, 0.25) is 5.91 Å². The third-order valence-corrected chi connectivity index (χ3v) is 2.97. The Balaban J connectivity index is 2.64. The molecule has 1 aromatic rings. The molecule has 100 valence electrons. The van der Waals surface area contributed by atoms with Crippen LogP contribution in [0, 0.1) is 6.92 Å². The zero-order valence-electron chi connectivity index (χ0n) is 11.2. The monoisotopic (exact) mass is 313 g/mol. The molecular formula is C13H20BrN3O. The van der Waals surface area contributed by atoms with E-state index >= 15 is 0 Å². The first-order valence-electron chi connectivity index (χ1n) is 5.79. The number of anilines is 2. The van der Waals surface area contributed by atoms with E-state index in [1.807, 2.05) is 39.8 Å². The predicted octanol–water partition coefficient (Wildman–Crippen LogP) is 2.67. The lowest BCUT2D eigenvalue weighted by Gasteiger charge is -2.21. The van der Waals surface area contributed by atoms with E-state index in [1.165, 1.54) is 0 Å². The topological polar surface area (TPSA) is 67.2 Å². The van der Waals surface area contributed by atoms with Gasteiger partial charge in [0.15, 0.2) is 0 Å². The number of nitrogen functional groups attached to an aromatic ring is 1. The molecule has 1 amide bonds. The van der Waals surface area contributed by atoms with E-state index < -0.39 is 0 Å². The average molecular weight is 314 g/mol. The van der Waals surface area contributed by atoms with E-state index in [1.54, 1.807) is 0 Å². The van der Waals surface area contributed by atoms with Crippen molar-refractivity contribution in [1.29, 1.82) is 0 Å². The molecule has 0 bridgehead atoms. The van der Waals surface area contributed by atoms with E-state index in [0.717, 1.165) is 21.4 Å². The van der Waals surface area contributed by atoms with Gasteiger partial charge >= 0.3 is 0 Å². The standard InChI is InChI=1S/C13H20BrN3O/c1-8-5-11(9(14)6-10(8)15)16-7-12(18)17-13(2,3)4/h5-6,16H,7,15H2,1-4H3,(H,17,18). The van der Waals surface area contributed by atoms with Crippen molar-refractivity contribution in [2.45, 2.75) is 33.2 Å². The first-order valence-corrected chi connectivity index (χ1v) is 6.59. The molecule has 5 heteroatoms. The fourth-order valence-corrected chi connectivity index (χ4v) is 1.97. The fraction of sp³-hybridized carbons (Fsp3) is 0.462. The molecule has 18 heavy (non-hydrogen) atoms. The van der Waals surface area contributed by atoms with Crippen molar-refractivity contribution in [1.82, 2.24) is 5.32 Å². The number of hydrogen-bond donors (Lipinski definition) is 3. The van der Waals surface area contributed by atoms with Crippen LogP contribution in [0.5, 0.6) is 0 Å². The minimum Gasteiger partial charge on any atom is -0.398 e. The van der Waals surface area contributed by atoms with Crippen LogP contribution in [0.3, 0.4) is 0 Å². The summed E-state index contributed by atoms with van der Waals surface area (Å²) < 4.78 is 0.856. The number of aryl methyl sites for hydroxylation is 1. The summed E-state index contributed by atoms with van der Waals surface area (Å²) in [5.41, 5.74) is 8.15. The molecule has 0 aliphatic carbocycles. The van der Waals surface area contributed by atoms with E-state index in [-0.39, 0.29) is 18.0 Å². The maximum Gasteiger partial charge on any atom is 0.239 e. The maximum atomic E-state index is 11.7. The van der Waals surface area contributed by atoms with Gasteiger partial charge in [0.1, 0.15) is 0 Å². The van der Waals surface area contributed by atoms with Gasteiger partial charge in [0.05, 0.1) is 6.54 Å². The number of carbonyl (C=O) groups is 1. The summed E-state index contributed by atoms with van der Waals surface area (Å²) in [5, 5.41) is 5.98. The summed E-state index contributed by atoms with van der Waals surface area (Å²) in [6, 6.07) is 3.75. The number of carbonyl (C=O) groups excluding carboxylic acids is 1. The third kappa shape index (κ3) is 4.56. The first-order chi connectivity index (χ1) is 8.19. The van der Waals surface area contributed by atoms with Gasteiger partial charge in [-0.3, -0.25) is 4.79 Å². The third-order valence-electron chi connectivity index (χ3n) is 2.31. The first kappa shape index (κ1) is 14.8. The van der Waals surface area contributed by atoms with Crippen molar-refractivity contribution in [3.63, 3.8) is 0 Å². The predicted molar refractivity (Wildman–Crippen MR) is 79.7 cm³/mol. The lowest BCUT2D eigenvalue weighted by Crippen LogP contribution is -2.43. The molecule has 0 saturated heterocycles. The van der Waals surface area contributed by atoms with Gasteiger partial charge in [-0.25, -0.2) is 0 Å². The second-order valence-corrected chi connectivity index (χ2v) is 6.19. The Labute approximate surface area is 116 Å². The summed E-state index contributed by atoms with van der Waals surface area (Å²) >= 11 is 3.42. The van der Waals surface area contributed by atoms with Gasteiger partial charge in [-0.05, 0) is 61.3 Å². The number of nitrogens with one attached hydrogen (secondary N) is 2. The van der Waals surface area contributed by atoms with Crippen molar-refractivity contribution >= 4 is 33.2 Å². The average Bonchev–Trinajstić information content (AvgIpc) is 2.19. The molecule has 0 aliphatic rings. The molecule has 1 rings (SSSR count). The van der Waals surface area contributed by atoms with Crippen molar-refractivity contribution in [2.24, 2.45) is 0 Å². The Kier molecular flexibility index (Phi) is 4.62. The molecule has 0 aromatic heterocycles. The Morgan fingerprint density at radius 1 is 1.39 bits per heavy atom. The zero-order chi connectivity index (χ0) is 13.9. The summed E-state index contributed by atoms with van der Waals surface area (Å²) in [6.07, 6.45) is 0. The minimum absolute atomic E-state index is 0.0381. The summed E-state index contributed by atoms with van der Waals surface area (Å²) in [5.74, 6) is -0.0381. The molecule has 1 aromatic carbocycles. The second-order valence-electron chi connectivity index (χ2n) is 5.34. The maximum absolute atomic E-state index is 11.7. The van der Waals surface area contributed by atoms with Crippen LogP contribution in [-0.4, -0.2) is 18.0 Å². The van der Waals surface area contributed by atoms with Gasteiger partial charge < -0.3 is 16.4 Å². The van der Waals surface area contributed by atoms with Crippen molar-refractivity contribution in [2.75, 3.05) is 17.6 Å².